The predicted molar refractivity (Wildman–Crippen MR) is 76.7 cm³/mol. The lowest BCUT2D eigenvalue weighted by Gasteiger charge is -2.21. The summed E-state index contributed by atoms with van der Waals surface area (Å²) in [5.41, 5.74) is 7.35. The third-order valence-corrected chi connectivity index (χ3v) is 2.71. The number of anilines is 2. The summed E-state index contributed by atoms with van der Waals surface area (Å²) in [6.07, 6.45) is 0. The summed E-state index contributed by atoms with van der Waals surface area (Å²) in [4.78, 5) is 12.8. The number of carboxylic acid groups (broad SMARTS) is 1. The smallest absolute Gasteiger partial charge is 0.335 e. The fourth-order valence-electron chi connectivity index (χ4n) is 1.68. The molecule has 0 fully saturated rings. The van der Waals surface area contributed by atoms with E-state index in [2.05, 4.69) is 13.8 Å². The minimum absolute atomic E-state index is 0.200. The lowest BCUT2D eigenvalue weighted by molar-refractivity contribution is 0.0697. The van der Waals surface area contributed by atoms with Crippen LogP contribution in [0.1, 0.15) is 24.2 Å². The van der Waals surface area contributed by atoms with E-state index in [1.807, 2.05) is 11.9 Å². The number of hydrogen-bond acceptors (Lipinski definition) is 4. The molecule has 106 valence electrons. The molecule has 0 aliphatic rings. The van der Waals surface area contributed by atoms with Gasteiger partial charge in [-0.2, -0.15) is 0 Å². The van der Waals surface area contributed by atoms with E-state index < -0.39 is 5.97 Å². The summed E-state index contributed by atoms with van der Waals surface area (Å²) in [5, 5.41) is 8.87. The molecule has 0 heterocycles. The topological polar surface area (TPSA) is 75.8 Å². The van der Waals surface area contributed by atoms with Crippen molar-refractivity contribution in [3.63, 3.8) is 0 Å². The van der Waals surface area contributed by atoms with Gasteiger partial charge < -0.3 is 20.5 Å². The summed E-state index contributed by atoms with van der Waals surface area (Å²) in [6, 6.07) is 4.75. The summed E-state index contributed by atoms with van der Waals surface area (Å²) >= 11 is 0. The normalized spacial score (nSPS) is 10.7. The van der Waals surface area contributed by atoms with Crippen LogP contribution in [0, 0.1) is 5.92 Å². The van der Waals surface area contributed by atoms with Gasteiger partial charge in [-0.05, 0) is 24.1 Å². The first kappa shape index (κ1) is 15.3. The average Bonchev–Trinajstić information content (AvgIpc) is 2.33. The number of likely N-dealkylation sites (N-methyl/N-ethyl adjacent to an activating group) is 1. The first-order chi connectivity index (χ1) is 8.91. The molecular formula is C14H22N2O3. The molecule has 0 saturated carbocycles. The third kappa shape index (κ3) is 4.79. The molecule has 0 spiro atoms. The average molecular weight is 266 g/mol. The van der Waals surface area contributed by atoms with Crippen LogP contribution in [0.4, 0.5) is 11.4 Å². The molecule has 0 saturated heterocycles. The van der Waals surface area contributed by atoms with Crippen LogP contribution in [0.15, 0.2) is 18.2 Å². The molecule has 0 aromatic heterocycles. The molecule has 0 radical (unpaired) electrons. The molecule has 1 aromatic carbocycles. The summed E-state index contributed by atoms with van der Waals surface area (Å²) in [5.74, 6) is -0.452. The second-order valence-electron chi connectivity index (χ2n) is 4.97. The number of aromatic carboxylic acids is 1. The molecule has 0 amide bonds. The molecule has 19 heavy (non-hydrogen) atoms. The van der Waals surface area contributed by atoms with Crippen molar-refractivity contribution in [1.82, 2.24) is 0 Å². The molecule has 3 N–H and O–H groups in total. The second kappa shape index (κ2) is 6.99. The van der Waals surface area contributed by atoms with Crippen molar-refractivity contribution in [2.45, 2.75) is 13.8 Å². The van der Waals surface area contributed by atoms with Crippen LogP contribution in [-0.2, 0) is 4.74 Å². The molecule has 5 heteroatoms. The molecular weight excluding hydrogens is 244 g/mol. The fraction of sp³-hybridized carbons (Fsp3) is 0.500. The SMILES string of the molecule is CC(C)COCCN(C)c1ccc(C(=O)O)cc1N. The molecule has 1 rings (SSSR count). The number of hydrogen-bond donors (Lipinski definition) is 2. The van der Waals surface area contributed by atoms with Gasteiger partial charge in [-0.15, -0.1) is 0 Å². The molecule has 0 bridgehead atoms. The van der Waals surface area contributed by atoms with E-state index in [9.17, 15) is 4.79 Å². The summed E-state index contributed by atoms with van der Waals surface area (Å²) in [6.45, 7) is 6.28. The van der Waals surface area contributed by atoms with E-state index >= 15 is 0 Å². The maximum atomic E-state index is 10.8. The van der Waals surface area contributed by atoms with E-state index in [0.717, 1.165) is 12.3 Å². The van der Waals surface area contributed by atoms with Crippen LogP contribution < -0.4 is 10.6 Å². The first-order valence-electron chi connectivity index (χ1n) is 6.33. The van der Waals surface area contributed by atoms with Gasteiger partial charge in [-0.25, -0.2) is 4.79 Å². The van der Waals surface area contributed by atoms with Crippen molar-refractivity contribution in [2.75, 3.05) is 37.4 Å². The standard InChI is InChI=1S/C14H22N2O3/c1-10(2)9-19-7-6-16(3)13-5-4-11(14(17)18)8-12(13)15/h4-5,8,10H,6-7,9,15H2,1-3H3,(H,17,18). The van der Waals surface area contributed by atoms with E-state index in [4.69, 9.17) is 15.6 Å². The van der Waals surface area contributed by atoms with Crippen molar-refractivity contribution in [1.29, 1.82) is 0 Å². The number of ether oxygens (including phenoxy) is 1. The van der Waals surface area contributed by atoms with E-state index in [0.29, 0.717) is 24.8 Å². The highest BCUT2D eigenvalue weighted by atomic mass is 16.5. The van der Waals surface area contributed by atoms with Crippen molar-refractivity contribution in [2.24, 2.45) is 5.92 Å². The fourth-order valence-corrected chi connectivity index (χ4v) is 1.68. The Hall–Kier alpha value is -1.75. The number of nitrogens with zero attached hydrogens (tertiary/aromatic N) is 1. The van der Waals surface area contributed by atoms with Gasteiger partial charge in [0.1, 0.15) is 0 Å². The van der Waals surface area contributed by atoms with Crippen molar-refractivity contribution >= 4 is 17.3 Å². The van der Waals surface area contributed by atoms with Gasteiger partial charge in [0, 0.05) is 20.2 Å². The maximum absolute atomic E-state index is 10.8. The van der Waals surface area contributed by atoms with E-state index in [-0.39, 0.29) is 5.56 Å². The van der Waals surface area contributed by atoms with Crippen LogP contribution in [0.2, 0.25) is 0 Å². The van der Waals surface area contributed by atoms with Crippen LogP contribution in [-0.4, -0.2) is 37.9 Å². The minimum atomic E-state index is -0.971. The quantitative estimate of drug-likeness (QED) is 0.583. The third-order valence-electron chi connectivity index (χ3n) is 2.71. The van der Waals surface area contributed by atoms with Gasteiger partial charge in [0.2, 0.25) is 0 Å². The van der Waals surface area contributed by atoms with Gasteiger partial charge in [0.05, 0.1) is 23.5 Å². The predicted octanol–water partition coefficient (Wildman–Crippen LogP) is 2.08. The monoisotopic (exact) mass is 266 g/mol. The van der Waals surface area contributed by atoms with Crippen LogP contribution in [0.5, 0.6) is 0 Å². The Kier molecular flexibility index (Phi) is 5.63. The zero-order valence-corrected chi connectivity index (χ0v) is 11.7. The summed E-state index contributed by atoms with van der Waals surface area (Å²) < 4.78 is 5.51. The van der Waals surface area contributed by atoms with Gasteiger partial charge >= 0.3 is 5.97 Å². The zero-order valence-electron chi connectivity index (χ0n) is 11.7. The number of rotatable bonds is 7. The van der Waals surface area contributed by atoms with Gasteiger partial charge in [-0.3, -0.25) is 0 Å². The zero-order chi connectivity index (χ0) is 14.4. The highest BCUT2D eigenvalue weighted by molar-refractivity contribution is 5.90. The Balaban J connectivity index is 2.57. The lowest BCUT2D eigenvalue weighted by atomic mass is 10.1. The number of benzene rings is 1. The van der Waals surface area contributed by atoms with Crippen LogP contribution in [0.3, 0.4) is 0 Å². The molecule has 0 unspecified atom stereocenters. The van der Waals surface area contributed by atoms with Gasteiger partial charge in [0.25, 0.3) is 0 Å². The van der Waals surface area contributed by atoms with Gasteiger partial charge in [-0.1, -0.05) is 13.8 Å². The van der Waals surface area contributed by atoms with Crippen LogP contribution >= 0.6 is 0 Å². The Bertz CT molecular complexity index is 433. The minimum Gasteiger partial charge on any atom is -0.478 e. The number of nitrogens with two attached hydrogens (primary N) is 1. The second-order valence-corrected chi connectivity index (χ2v) is 4.97. The van der Waals surface area contributed by atoms with E-state index in [1.165, 1.54) is 6.07 Å². The van der Waals surface area contributed by atoms with Crippen LogP contribution in [0.25, 0.3) is 0 Å². The molecule has 0 aliphatic carbocycles. The molecule has 1 aromatic rings. The first-order valence-corrected chi connectivity index (χ1v) is 6.33. The van der Waals surface area contributed by atoms with Crippen molar-refractivity contribution < 1.29 is 14.6 Å². The highest BCUT2D eigenvalue weighted by Gasteiger charge is 2.09. The van der Waals surface area contributed by atoms with E-state index in [1.54, 1.807) is 12.1 Å². The largest absolute Gasteiger partial charge is 0.478 e. The Morgan fingerprint density at radius 2 is 2.16 bits per heavy atom. The molecule has 0 aliphatic heterocycles. The summed E-state index contributed by atoms with van der Waals surface area (Å²) in [7, 11) is 1.91. The Morgan fingerprint density at radius 1 is 1.47 bits per heavy atom. The molecule has 5 nitrogen and oxygen atoms in total. The Morgan fingerprint density at radius 3 is 2.68 bits per heavy atom. The molecule has 0 atom stereocenters. The number of carboxylic acids is 1. The number of nitrogen functional groups attached to an aromatic ring is 1. The number of carbonyl (C=O) groups is 1. The van der Waals surface area contributed by atoms with Crippen molar-refractivity contribution in [3.05, 3.63) is 23.8 Å². The van der Waals surface area contributed by atoms with Crippen molar-refractivity contribution in [3.8, 4) is 0 Å². The highest BCUT2D eigenvalue weighted by Crippen LogP contribution is 2.23. The maximum Gasteiger partial charge on any atom is 0.335 e. The lowest BCUT2D eigenvalue weighted by Crippen LogP contribution is -2.24. The Labute approximate surface area is 114 Å². The van der Waals surface area contributed by atoms with Gasteiger partial charge in [0.15, 0.2) is 0 Å².